The van der Waals surface area contributed by atoms with E-state index in [-0.39, 0.29) is 18.5 Å². The van der Waals surface area contributed by atoms with Gasteiger partial charge in [-0.2, -0.15) is 0 Å². The van der Waals surface area contributed by atoms with Crippen molar-refractivity contribution in [2.75, 3.05) is 6.61 Å². The van der Waals surface area contributed by atoms with Crippen LogP contribution in [0.1, 0.15) is 46.5 Å². The Morgan fingerprint density at radius 1 is 1.20 bits per heavy atom. The maximum atomic E-state index is 10.7. The van der Waals surface area contributed by atoms with Gasteiger partial charge >= 0.3 is 0 Å². The minimum absolute atomic E-state index is 0.107. The van der Waals surface area contributed by atoms with Gasteiger partial charge in [0.25, 0.3) is 0 Å². The summed E-state index contributed by atoms with van der Waals surface area (Å²) in [6, 6.07) is 0. The lowest BCUT2D eigenvalue weighted by Gasteiger charge is -2.29. The molecule has 0 aromatic carbocycles. The van der Waals surface area contributed by atoms with Gasteiger partial charge in [0.2, 0.25) is 0 Å². The van der Waals surface area contributed by atoms with Crippen molar-refractivity contribution < 1.29 is 14.3 Å². The lowest BCUT2D eigenvalue weighted by Crippen LogP contribution is -2.29. The minimum atomic E-state index is 0.107. The molecular formula is C12H22O3. The highest BCUT2D eigenvalue weighted by Gasteiger charge is 2.22. The fraction of sp³-hybridized carbons (Fsp3) is 0.917. The number of carbonyl (C=O) groups is 1. The van der Waals surface area contributed by atoms with Gasteiger partial charge in [0.15, 0.2) is 5.78 Å². The first kappa shape index (κ1) is 12.7. The third kappa shape index (κ3) is 5.28. The maximum Gasteiger partial charge on any atom is 0.155 e. The van der Waals surface area contributed by atoms with Crippen molar-refractivity contribution in [3.05, 3.63) is 0 Å². The van der Waals surface area contributed by atoms with E-state index in [4.69, 9.17) is 9.47 Å². The summed E-state index contributed by atoms with van der Waals surface area (Å²) in [6.07, 6.45) is 5.12. The second-order valence-corrected chi connectivity index (χ2v) is 4.60. The Hall–Kier alpha value is -0.410. The summed E-state index contributed by atoms with van der Waals surface area (Å²) in [5.74, 6) is 0.107. The maximum absolute atomic E-state index is 10.7. The number of hydrogen-bond acceptors (Lipinski definition) is 3. The second kappa shape index (κ2) is 6.23. The van der Waals surface area contributed by atoms with Crippen LogP contribution in [-0.4, -0.2) is 30.7 Å². The molecule has 0 N–H and O–H groups in total. The smallest absolute Gasteiger partial charge is 0.155 e. The molecule has 0 heterocycles. The topological polar surface area (TPSA) is 35.5 Å². The molecule has 1 fully saturated rings. The standard InChI is InChI=1S/C12H22O3/c1-9(2)15-12-6-4-11(5-7-12)14-8-10(3)13/h9,11-12H,4-8H2,1-3H3. The van der Waals surface area contributed by atoms with Crippen LogP contribution in [-0.2, 0) is 14.3 Å². The van der Waals surface area contributed by atoms with Gasteiger partial charge in [0, 0.05) is 0 Å². The number of ketones is 1. The van der Waals surface area contributed by atoms with Gasteiger partial charge in [0.05, 0.1) is 18.3 Å². The molecule has 0 unspecified atom stereocenters. The van der Waals surface area contributed by atoms with E-state index in [1.807, 2.05) is 0 Å². The first-order valence-electron chi connectivity index (χ1n) is 5.84. The van der Waals surface area contributed by atoms with E-state index < -0.39 is 0 Å². The highest BCUT2D eigenvalue weighted by atomic mass is 16.5. The first-order chi connectivity index (χ1) is 7.08. The number of Topliss-reactive ketones (excluding diaryl/α,β-unsaturated/α-hetero) is 1. The average Bonchev–Trinajstić information content (AvgIpc) is 2.16. The van der Waals surface area contributed by atoms with Crippen LogP contribution in [0.25, 0.3) is 0 Å². The summed E-state index contributed by atoms with van der Waals surface area (Å²) < 4.78 is 11.2. The Bertz CT molecular complexity index is 193. The molecule has 0 aliphatic heterocycles. The Kier molecular flexibility index (Phi) is 5.26. The molecule has 88 valence electrons. The van der Waals surface area contributed by atoms with Crippen molar-refractivity contribution in [1.29, 1.82) is 0 Å². The molecule has 0 bridgehead atoms. The Morgan fingerprint density at radius 3 is 2.20 bits per heavy atom. The molecular weight excluding hydrogens is 192 g/mol. The highest BCUT2D eigenvalue weighted by molar-refractivity contribution is 5.76. The molecule has 0 spiro atoms. The monoisotopic (exact) mass is 214 g/mol. The Morgan fingerprint density at radius 2 is 1.73 bits per heavy atom. The number of ether oxygens (including phenoxy) is 2. The second-order valence-electron chi connectivity index (χ2n) is 4.60. The van der Waals surface area contributed by atoms with Crippen molar-refractivity contribution in [2.24, 2.45) is 0 Å². The average molecular weight is 214 g/mol. The quantitative estimate of drug-likeness (QED) is 0.704. The third-order valence-corrected chi connectivity index (χ3v) is 2.61. The minimum Gasteiger partial charge on any atom is -0.376 e. The van der Waals surface area contributed by atoms with Crippen LogP contribution in [0.5, 0.6) is 0 Å². The van der Waals surface area contributed by atoms with E-state index in [1.165, 1.54) is 0 Å². The van der Waals surface area contributed by atoms with Crippen molar-refractivity contribution in [3.63, 3.8) is 0 Å². The summed E-state index contributed by atoms with van der Waals surface area (Å²) in [4.78, 5) is 10.7. The van der Waals surface area contributed by atoms with Crippen LogP contribution in [0.4, 0.5) is 0 Å². The Labute approximate surface area is 92.1 Å². The van der Waals surface area contributed by atoms with Gasteiger partial charge in [0.1, 0.15) is 6.61 Å². The van der Waals surface area contributed by atoms with Crippen molar-refractivity contribution in [2.45, 2.75) is 64.8 Å². The molecule has 3 heteroatoms. The van der Waals surface area contributed by atoms with E-state index in [1.54, 1.807) is 6.92 Å². The fourth-order valence-corrected chi connectivity index (χ4v) is 1.96. The van der Waals surface area contributed by atoms with E-state index in [2.05, 4.69) is 13.8 Å². The zero-order valence-electron chi connectivity index (χ0n) is 9.99. The summed E-state index contributed by atoms with van der Waals surface area (Å²) in [7, 11) is 0. The largest absolute Gasteiger partial charge is 0.376 e. The van der Waals surface area contributed by atoms with Crippen LogP contribution in [0.3, 0.4) is 0 Å². The molecule has 0 aromatic heterocycles. The predicted molar refractivity (Wildman–Crippen MR) is 58.9 cm³/mol. The van der Waals surface area contributed by atoms with Gasteiger partial charge in [-0.25, -0.2) is 0 Å². The van der Waals surface area contributed by atoms with E-state index >= 15 is 0 Å². The summed E-state index contributed by atoms with van der Waals surface area (Å²) in [5, 5.41) is 0. The molecule has 1 saturated carbocycles. The van der Waals surface area contributed by atoms with E-state index in [0.717, 1.165) is 25.7 Å². The van der Waals surface area contributed by atoms with E-state index in [9.17, 15) is 4.79 Å². The molecule has 0 saturated heterocycles. The van der Waals surface area contributed by atoms with Crippen molar-refractivity contribution >= 4 is 5.78 Å². The third-order valence-electron chi connectivity index (χ3n) is 2.61. The normalized spacial score (nSPS) is 26.9. The fourth-order valence-electron chi connectivity index (χ4n) is 1.96. The number of carbonyl (C=O) groups excluding carboxylic acids is 1. The lowest BCUT2D eigenvalue weighted by atomic mass is 9.95. The number of hydrogen-bond donors (Lipinski definition) is 0. The molecule has 1 rings (SSSR count). The summed E-state index contributed by atoms with van der Waals surface area (Å²) >= 11 is 0. The molecule has 0 amide bonds. The number of rotatable bonds is 5. The predicted octanol–water partition coefficient (Wildman–Crippen LogP) is 2.33. The summed E-state index contributed by atoms with van der Waals surface area (Å²) in [6.45, 7) is 5.96. The van der Waals surface area contributed by atoms with Crippen LogP contribution < -0.4 is 0 Å². The zero-order chi connectivity index (χ0) is 11.3. The van der Waals surface area contributed by atoms with Crippen LogP contribution in [0, 0.1) is 0 Å². The van der Waals surface area contributed by atoms with Gasteiger partial charge in [-0.05, 0) is 46.5 Å². The first-order valence-corrected chi connectivity index (χ1v) is 5.84. The molecule has 15 heavy (non-hydrogen) atoms. The van der Waals surface area contributed by atoms with Gasteiger partial charge < -0.3 is 9.47 Å². The molecule has 0 aromatic rings. The zero-order valence-corrected chi connectivity index (χ0v) is 9.99. The molecule has 1 aliphatic rings. The van der Waals surface area contributed by atoms with E-state index in [0.29, 0.717) is 12.2 Å². The van der Waals surface area contributed by atoms with Crippen LogP contribution in [0.2, 0.25) is 0 Å². The van der Waals surface area contributed by atoms with Gasteiger partial charge in [-0.15, -0.1) is 0 Å². The SMILES string of the molecule is CC(=O)COC1CCC(OC(C)C)CC1. The molecule has 0 radical (unpaired) electrons. The lowest BCUT2D eigenvalue weighted by molar-refractivity contribution is -0.125. The highest BCUT2D eigenvalue weighted by Crippen LogP contribution is 2.24. The van der Waals surface area contributed by atoms with Gasteiger partial charge in [-0.1, -0.05) is 0 Å². The summed E-state index contributed by atoms with van der Waals surface area (Å²) in [5.41, 5.74) is 0. The van der Waals surface area contributed by atoms with Gasteiger partial charge in [-0.3, -0.25) is 4.79 Å². The van der Waals surface area contributed by atoms with Crippen LogP contribution >= 0.6 is 0 Å². The van der Waals surface area contributed by atoms with Crippen LogP contribution in [0.15, 0.2) is 0 Å². The molecule has 0 atom stereocenters. The Balaban J connectivity index is 2.15. The molecule has 1 aliphatic carbocycles. The van der Waals surface area contributed by atoms with Crippen molar-refractivity contribution in [3.8, 4) is 0 Å². The van der Waals surface area contributed by atoms with Crippen molar-refractivity contribution in [1.82, 2.24) is 0 Å². The molecule has 3 nitrogen and oxygen atoms in total.